The van der Waals surface area contributed by atoms with Crippen LogP contribution in [0.1, 0.15) is 39.3 Å². The highest BCUT2D eigenvalue weighted by Crippen LogP contribution is 2.18. The van der Waals surface area contributed by atoms with Crippen molar-refractivity contribution in [3.63, 3.8) is 0 Å². The van der Waals surface area contributed by atoms with Gasteiger partial charge in [-0.25, -0.2) is 0 Å². The lowest BCUT2D eigenvalue weighted by Gasteiger charge is -2.19. The highest BCUT2D eigenvalue weighted by molar-refractivity contribution is 5.78. The Balaban J connectivity index is 2.46. The third-order valence-corrected chi connectivity index (χ3v) is 3.55. The molecule has 1 aromatic carbocycles. The van der Waals surface area contributed by atoms with Crippen LogP contribution in [-0.2, 0) is 4.79 Å². The van der Waals surface area contributed by atoms with E-state index in [1.165, 1.54) is 0 Å². The van der Waals surface area contributed by atoms with Gasteiger partial charge in [-0.1, -0.05) is 26.0 Å². The van der Waals surface area contributed by atoms with Gasteiger partial charge in [0, 0.05) is 12.1 Å². The van der Waals surface area contributed by atoms with Crippen LogP contribution >= 0.6 is 0 Å². The molecule has 1 rings (SSSR count). The summed E-state index contributed by atoms with van der Waals surface area (Å²) in [4.78, 5) is 11.8. The first kappa shape index (κ1) is 16.5. The monoisotopic (exact) mass is 278 g/mol. The number of ether oxygens (including phenoxy) is 1. The fraction of sp³-hybridized carbons (Fsp3) is 0.562. The average molecular weight is 278 g/mol. The molecule has 112 valence electrons. The molecule has 0 saturated heterocycles. The summed E-state index contributed by atoms with van der Waals surface area (Å²) >= 11 is 0. The number of hydrogen-bond acceptors (Lipinski definition) is 3. The zero-order chi connectivity index (χ0) is 15.1. The first-order valence-corrected chi connectivity index (χ1v) is 7.10. The number of benzene rings is 1. The number of carbonyl (C=O) groups is 1. The van der Waals surface area contributed by atoms with E-state index in [4.69, 9.17) is 4.74 Å². The van der Waals surface area contributed by atoms with E-state index < -0.39 is 0 Å². The quantitative estimate of drug-likeness (QED) is 0.805. The van der Waals surface area contributed by atoms with E-state index in [1.807, 2.05) is 38.1 Å². The summed E-state index contributed by atoms with van der Waals surface area (Å²) in [6.07, 6.45) is 0. The molecule has 1 amide bonds. The van der Waals surface area contributed by atoms with Crippen LogP contribution in [0.5, 0.6) is 5.75 Å². The van der Waals surface area contributed by atoms with Crippen LogP contribution in [0.25, 0.3) is 0 Å². The summed E-state index contributed by atoms with van der Waals surface area (Å²) in [5.74, 6) is 1.30. The van der Waals surface area contributed by atoms with Crippen molar-refractivity contribution in [1.29, 1.82) is 0 Å². The molecule has 4 heteroatoms. The molecule has 0 aliphatic heterocycles. The van der Waals surface area contributed by atoms with Crippen molar-refractivity contribution in [1.82, 2.24) is 10.6 Å². The van der Waals surface area contributed by atoms with Crippen molar-refractivity contribution in [2.24, 2.45) is 5.92 Å². The first-order valence-electron chi connectivity index (χ1n) is 7.10. The number of amides is 1. The van der Waals surface area contributed by atoms with Crippen LogP contribution in [0.15, 0.2) is 24.3 Å². The van der Waals surface area contributed by atoms with Crippen LogP contribution < -0.4 is 15.4 Å². The second kappa shape index (κ2) is 7.90. The van der Waals surface area contributed by atoms with Gasteiger partial charge < -0.3 is 15.4 Å². The van der Waals surface area contributed by atoms with Gasteiger partial charge in [-0.05, 0) is 37.5 Å². The van der Waals surface area contributed by atoms with E-state index in [2.05, 4.69) is 24.5 Å². The topological polar surface area (TPSA) is 50.4 Å². The predicted octanol–water partition coefficient (Wildman–Crippen LogP) is 2.51. The van der Waals surface area contributed by atoms with Crippen LogP contribution in [0.3, 0.4) is 0 Å². The number of hydrogen-bond donors (Lipinski definition) is 2. The lowest BCUT2D eigenvalue weighted by atomic mass is 10.1. The summed E-state index contributed by atoms with van der Waals surface area (Å²) in [6.45, 7) is 8.56. The molecule has 2 N–H and O–H groups in total. The Morgan fingerprint density at radius 1 is 1.25 bits per heavy atom. The molecule has 1 aromatic rings. The predicted molar refractivity (Wildman–Crippen MR) is 81.9 cm³/mol. The van der Waals surface area contributed by atoms with Gasteiger partial charge in [-0.2, -0.15) is 0 Å². The van der Waals surface area contributed by atoms with Gasteiger partial charge in [0.25, 0.3) is 0 Å². The van der Waals surface area contributed by atoms with E-state index in [1.54, 1.807) is 7.11 Å². The number of nitrogens with one attached hydrogen (secondary N) is 2. The van der Waals surface area contributed by atoms with Crippen LogP contribution in [0.2, 0.25) is 0 Å². The third kappa shape index (κ3) is 5.21. The van der Waals surface area contributed by atoms with Gasteiger partial charge in [0.1, 0.15) is 5.75 Å². The molecule has 0 saturated carbocycles. The minimum atomic E-state index is 0.0287. The number of carbonyl (C=O) groups excluding carboxylic acids is 1. The Morgan fingerprint density at radius 2 is 1.95 bits per heavy atom. The minimum Gasteiger partial charge on any atom is -0.497 e. The lowest BCUT2D eigenvalue weighted by molar-refractivity contribution is -0.121. The molecular formula is C16H26N2O2. The molecule has 0 bridgehead atoms. The number of methoxy groups -OCH3 is 1. The van der Waals surface area contributed by atoms with E-state index in [0.29, 0.717) is 12.5 Å². The van der Waals surface area contributed by atoms with Crippen LogP contribution in [-0.4, -0.2) is 25.6 Å². The van der Waals surface area contributed by atoms with Crippen LogP contribution in [0, 0.1) is 5.92 Å². The van der Waals surface area contributed by atoms with Crippen molar-refractivity contribution in [2.45, 2.75) is 39.8 Å². The molecule has 0 fully saturated rings. The standard InChI is InChI=1S/C16H26N2O2/c1-11(2)12(3)18-16(19)10-17-13(4)14-7-6-8-15(9-14)20-5/h6-9,11-13,17H,10H2,1-5H3,(H,18,19)/t12?,13-/m1/s1. The van der Waals surface area contributed by atoms with Crippen molar-refractivity contribution >= 4 is 5.91 Å². The third-order valence-electron chi connectivity index (χ3n) is 3.55. The Hall–Kier alpha value is -1.55. The molecule has 0 spiro atoms. The van der Waals surface area contributed by atoms with E-state index in [-0.39, 0.29) is 18.0 Å². The maximum Gasteiger partial charge on any atom is 0.234 e. The molecule has 0 aromatic heterocycles. The summed E-state index contributed by atoms with van der Waals surface area (Å²) in [7, 11) is 1.65. The molecule has 1 unspecified atom stereocenters. The Morgan fingerprint density at radius 3 is 2.55 bits per heavy atom. The zero-order valence-corrected chi connectivity index (χ0v) is 13.1. The summed E-state index contributed by atoms with van der Waals surface area (Å²) < 4.78 is 5.20. The number of rotatable bonds is 7. The Bertz CT molecular complexity index is 432. The lowest BCUT2D eigenvalue weighted by Crippen LogP contribution is -2.41. The van der Waals surface area contributed by atoms with E-state index in [9.17, 15) is 4.79 Å². The van der Waals surface area contributed by atoms with Crippen LogP contribution in [0.4, 0.5) is 0 Å². The highest BCUT2D eigenvalue weighted by atomic mass is 16.5. The van der Waals surface area contributed by atoms with Gasteiger partial charge >= 0.3 is 0 Å². The van der Waals surface area contributed by atoms with E-state index in [0.717, 1.165) is 11.3 Å². The van der Waals surface area contributed by atoms with Gasteiger partial charge in [0.05, 0.1) is 13.7 Å². The largest absolute Gasteiger partial charge is 0.497 e. The SMILES string of the molecule is COc1cccc([C@@H](C)NCC(=O)NC(C)C(C)C)c1. The maximum absolute atomic E-state index is 11.8. The van der Waals surface area contributed by atoms with Crippen molar-refractivity contribution < 1.29 is 9.53 Å². The Labute approximate surface area is 121 Å². The Kier molecular flexibility index (Phi) is 6.52. The van der Waals surface area contributed by atoms with Gasteiger partial charge in [-0.15, -0.1) is 0 Å². The molecule has 2 atom stereocenters. The molecule has 0 aliphatic carbocycles. The molecule has 20 heavy (non-hydrogen) atoms. The summed E-state index contributed by atoms with van der Waals surface area (Å²) in [5.41, 5.74) is 1.11. The van der Waals surface area contributed by atoms with Crippen molar-refractivity contribution in [2.75, 3.05) is 13.7 Å². The average Bonchev–Trinajstić information content (AvgIpc) is 2.44. The molecule has 4 nitrogen and oxygen atoms in total. The fourth-order valence-corrected chi connectivity index (χ4v) is 1.75. The minimum absolute atomic E-state index is 0.0287. The zero-order valence-electron chi connectivity index (χ0n) is 13.1. The summed E-state index contributed by atoms with van der Waals surface area (Å²) in [5, 5.41) is 6.21. The smallest absolute Gasteiger partial charge is 0.234 e. The fourth-order valence-electron chi connectivity index (χ4n) is 1.75. The second-order valence-corrected chi connectivity index (χ2v) is 5.48. The normalized spacial score (nSPS) is 13.9. The summed E-state index contributed by atoms with van der Waals surface area (Å²) in [6, 6.07) is 8.16. The second-order valence-electron chi connectivity index (χ2n) is 5.48. The molecule has 0 radical (unpaired) electrons. The van der Waals surface area contributed by atoms with Crippen molar-refractivity contribution in [3.05, 3.63) is 29.8 Å². The van der Waals surface area contributed by atoms with Crippen molar-refractivity contribution in [3.8, 4) is 5.75 Å². The maximum atomic E-state index is 11.8. The molecule has 0 aliphatic rings. The van der Waals surface area contributed by atoms with Gasteiger partial charge in [0.2, 0.25) is 5.91 Å². The highest BCUT2D eigenvalue weighted by Gasteiger charge is 2.12. The van der Waals surface area contributed by atoms with Gasteiger partial charge in [0.15, 0.2) is 0 Å². The molecular weight excluding hydrogens is 252 g/mol. The first-order chi connectivity index (χ1) is 9.43. The molecule has 0 heterocycles. The van der Waals surface area contributed by atoms with E-state index >= 15 is 0 Å². The van der Waals surface area contributed by atoms with Gasteiger partial charge in [-0.3, -0.25) is 4.79 Å².